The van der Waals surface area contributed by atoms with E-state index in [1.54, 1.807) is 0 Å². The number of carbonyl (C=O) groups excluding carboxylic acids is 1. The molecule has 24 heavy (non-hydrogen) atoms. The second-order valence-electron chi connectivity index (χ2n) is 5.74. The zero-order valence-electron chi connectivity index (χ0n) is 13.7. The number of nitrogen functional groups attached to an aromatic ring is 1. The van der Waals surface area contributed by atoms with Gasteiger partial charge >= 0.3 is 0 Å². The van der Waals surface area contributed by atoms with E-state index in [0.29, 0.717) is 6.54 Å². The number of hydrogen-bond acceptors (Lipinski definition) is 4. The minimum absolute atomic E-state index is 0.130. The van der Waals surface area contributed by atoms with Crippen molar-refractivity contribution >= 4 is 17.4 Å². The second-order valence-corrected chi connectivity index (χ2v) is 5.74. The summed E-state index contributed by atoms with van der Waals surface area (Å²) >= 11 is 0. The zero-order valence-corrected chi connectivity index (χ0v) is 13.7. The standard InChI is InChI=1S/C18H19N5O/c1-12-8-9-15(13(2)10-12)20-18(24)16-17(19)23(22-21-16)11-14-6-4-3-5-7-14/h3-10H,11,19H2,1-2H3,(H,20,24). The Morgan fingerprint density at radius 1 is 1.17 bits per heavy atom. The van der Waals surface area contributed by atoms with Crippen molar-refractivity contribution in [3.63, 3.8) is 0 Å². The Balaban J connectivity index is 1.78. The predicted octanol–water partition coefficient (Wildman–Crippen LogP) is 2.78. The lowest BCUT2D eigenvalue weighted by molar-refractivity contribution is 0.102. The van der Waals surface area contributed by atoms with Crippen LogP contribution in [-0.2, 0) is 6.54 Å². The molecule has 0 aliphatic heterocycles. The van der Waals surface area contributed by atoms with E-state index in [1.165, 1.54) is 4.68 Å². The number of nitrogens with two attached hydrogens (primary N) is 1. The molecule has 122 valence electrons. The van der Waals surface area contributed by atoms with Crippen molar-refractivity contribution in [2.75, 3.05) is 11.1 Å². The molecule has 6 nitrogen and oxygen atoms in total. The third kappa shape index (κ3) is 3.27. The molecule has 1 aromatic heterocycles. The maximum Gasteiger partial charge on any atom is 0.280 e. The van der Waals surface area contributed by atoms with Crippen LogP contribution in [0, 0.1) is 13.8 Å². The summed E-state index contributed by atoms with van der Waals surface area (Å²) in [6.07, 6.45) is 0. The molecule has 0 aliphatic carbocycles. The second kappa shape index (κ2) is 6.54. The van der Waals surface area contributed by atoms with Gasteiger partial charge in [0.1, 0.15) is 0 Å². The van der Waals surface area contributed by atoms with Crippen LogP contribution in [0.5, 0.6) is 0 Å². The monoisotopic (exact) mass is 321 g/mol. The normalized spacial score (nSPS) is 10.6. The van der Waals surface area contributed by atoms with E-state index >= 15 is 0 Å². The van der Waals surface area contributed by atoms with Crippen LogP contribution in [0.1, 0.15) is 27.2 Å². The molecule has 0 spiro atoms. The number of amides is 1. The van der Waals surface area contributed by atoms with Crippen molar-refractivity contribution in [1.29, 1.82) is 0 Å². The van der Waals surface area contributed by atoms with Gasteiger partial charge in [-0.2, -0.15) is 0 Å². The lowest BCUT2D eigenvalue weighted by Crippen LogP contribution is -2.16. The molecule has 0 aliphatic rings. The molecule has 0 fully saturated rings. The Morgan fingerprint density at radius 3 is 2.62 bits per heavy atom. The summed E-state index contributed by atoms with van der Waals surface area (Å²) in [4.78, 5) is 12.4. The van der Waals surface area contributed by atoms with Crippen LogP contribution in [0.15, 0.2) is 48.5 Å². The first-order valence-electron chi connectivity index (χ1n) is 7.66. The van der Waals surface area contributed by atoms with Crippen LogP contribution >= 0.6 is 0 Å². The van der Waals surface area contributed by atoms with E-state index in [9.17, 15) is 4.79 Å². The average molecular weight is 321 g/mol. The molecular formula is C18H19N5O. The van der Waals surface area contributed by atoms with Gasteiger partial charge in [-0.25, -0.2) is 4.68 Å². The lowest BCUT2D eigenvalue weighted by atomic mass is 10.1. The third-order valence-corrected chi connectivity index (χ3v) is 3.79. The number of carbonyl (C=O) groups is 1. The quantitative estimate of drug-likeness (QED) is 0.773. The van der Waals surface area contributed by atoms with Gasteiger partial charge in [0.25, 0.3) is 5.91 Å². The summed E-state index contributed by atoms with van der Waals surface area (Å²) < 4.78 is 1.52. The first kappa shape index (κ1) is 15.7. The van der Waals surface area contributed by atoms with Gasteiger partial charge in [-0.1, -0.05) is 53.2 Å². The van der Waals surface area contributed by atoms with Gasteiger partial charge in [-0.05, 0) is 31.0 Å². The van der Waals surface area contributed by atoms with Gasteiger partial charge in [0.2, 0.25) is 0 Å². The number of benzene rings is 2. The van der Waals surface area contributed by atoms with Crippen LogP contribution in [-0.4, -0.2) is 20.9 Å². The van der Waals surface area contributed by atoms with Crippen LogP contribution < -0.4 is 11.1 Å². The number of aromatic nitrogens is 3. The zero-order chi connectivity index (χ0) is 17.1. The summed E-state index contributed by atoms with van der Waals surface area (Å²) in [6.45, 7) is 4.42. The van der Waals surface area contributed by atoms with Crippen molar-refractivity contribution < 1.29 is 4.79 Å². The SMILES string of the molecule is Cc1ccc(NC(=O)c2nnn(Cc3ccccc3)c2N)c(C)c1. The molecule has 2 aromatic carbocycles. The van der Waals surface area contributed by atoms with Gasteiger partial charge in [0, 0.05) is 5.69 Å². The Kier molecular flexibility index (Phi) is 4.29. The summed E-state index contributed by atoms with van der Waals surface area (Å²) in [7, 11) is 0. The van der Waals surface area contributed by atoms with E-state index in [-0.39, 0.29) is 17.4 Å². The largest absolute Gasteiger partial charge is 0.382 e. The van der Waals surface area contributed by atoms with E-state index in [0.717, 1.165) is 22.4 Å². The van der Waals surface area contributed by atoms with Gasteiger partial charge in [0.05, 0.1) is 6.54 Å². The fourth-order valence-electron chi connectivity index (χ4n) is 2.49. The maximum atomic E-state index is 12.4. The van der Waals surface area contributed by atoms with Gasteiger partial charge in [0.15, 0.2) is 11.5 Å². The van der Waals surface area contributed by atoms with Crippen LogP contribution in [0.25, 0.3) is 0 Å². The highest BCUT2D eigenvalue weighted by Crippen LogP contribution is 2.18. The Bertz CT molecular complexity index is 870. The van der Waals surface area contributed by atoms with Crippen molar-refractivity contribution in [2.45, 2.75) is 20.4 Å². The van der Waals surface area contributed by atoms with Crippen molar-refractivity contribution in [3.05, 3.63) is 70.9 Å². The highest BCUT2D eigenvalue weighted by molar-refractivity contribution is 6.06. The molecule has 6 heteroatoms. The molecule has 3 aromatic rings. The lowest BCUT2D eigenvalue weighted by Gasteiger charge is -2.08. The molecule has 0 radical (unpaired) electrons. The topological polar surface area (TPSA) is 85.8 Å². The smallest absolute Gasteiger partial charge is 0.280 e. The number of hydrogen-bond donors (Lipinski definition) is 2. The van der Waals surface area contributed by atoms with Crippen molar-refractivity contribution in [2.24, 2.45) is 0 Å². The van der Waals surface area contributed by atoms with E-state index in [1.807, 2.05) is 62.4 Å². The number of nitrogens with one attached hydrogen (secondary N) is 1. The fraction of sp³-hybridized carbons (Fsp3) is 0.167. The van der Waals surface area contributed by atoms with Crippen molar-refractivity contribution in [1.82, 2.24) is 15.0 Å². The molecule has 0 bridgehead atoms. The van der Waals surface area contributed by atoms with Crippen molar-refractivity contribution in [3.8, 4) is 0 Å². The summed E-state index contributed by atoms with van der Waals surface area (Å²) in [5, 5.41) is 10.8. The molecule has 0 atom stereocenters. The highest BCUT2D eigenvalue weighted by Gasteiger charge is 2.18. The molecule has 0 saturated carbocycles. The summed E-state index contributed by atoms with van der Waals surface area (Å²) in [5.74, 6) is -0.111. The number of anilines is 2. The van der Waals surface area contributed by atoms with Gasteiger partial charge in [-0.3, -0.25) is 4.79 Å². The number of aryl methyl sites for hydroxylation is 2. The van der Waals surface area contributed by atoms with Crippen LogP contribution in [0.4, 0.5) is 11.5 Å². The number of nitrogens with zero attached hydrogens (tertiary/aromatic N) is 3. The van der Waals surface area contributed by atoms with Gasteiger partial charge < -0.3 is 11.1 Å². The molecule has 1 amide bonds. The maximum absolute atomic E-state index is 12.4. The van der Waals surface area contributed by atoms with Crippen LogP contribution in [0.3, 0.4) is 0 Å². The molecule has 0 saturated heterocycles. The van der Waals surface area contributed by atoms with E-state index in [2.05, 4.69) is 15.6 Å². The molecular weight excluding hydrogens is 302 g/mol. The summed E-state index contributed by atoms with van der Waals surface area (Å²) in [6, 6.07) is 15.6. The highest BCUT2D eigenvalue weighted by atomic mass is 16.2. The third-order valence-electron chi connectivity index (χ3n) is 3.79. The Morgan fingerprint density at radius 2 is 1.92 bits per heavy atom. The van der Waals surface area contributed by atoms with Gasteiger partial charge in [-0.15, -0.1) is 5.10 Å². The minimum atomic E-state index is -0.362. The predicted molar refractivity (Wildman–Crippen MR) is 93.8 cm³/mol. The van der Waals surface area contributed by atoms with Crippen LogP contribution in [0.2, 0.25) is 0 Å². The summed E-state index contributed by atoms with van der Waals surface area (Å²) in [5.41, 5.74) is 10.1. The first-order valence-corrected chi connectivity index (χ1v) is 7.66. The Labute approximate surface area is 140 Å². The molecule has 3 N–H and O–H groups in total. The van der Waals surface area contributed by atoms with E-state index in [4.69, 9.17) is 5.73 Å². The molecule has 0 unspecified atom stereocenters. The minimum Gasteiger partial charge on any atom is -0.382 e. The van der Waals surface area contributed by atoms with E-state index < -0.39 is 0 Å². The first-order chi connectivity index (χ1) is 11.5. The molecule has 1 heterocycles. The molecule has 3 rings (SSSR count). The average Bonchev–Trinajstić information content (AvgIpc) is 2.92. The Hall–Kier alpha value is -3.15. The number of rotatable bonds is 4. The fourth-order valence-corrected chi connectivity index (χ4v) is 2.49.